The molecule has 0 radical (unpaired) electrons. The van der Waals surface area contributed by atoms with Crippen LogP contribution in [0.3, 0.4) is 0 Å². The highest BCUT2D eigenvalue weighted by molar-refractivity contribution is 5.21. The molecular weight excluding hydrogens is 250 g/mol. The molecule has 1 saturated carbocycles. The molecule has 0 aromatic carbocycles. The van der Waals surface area contributed by atoms with Crippen LogP contribution in [0.5, 0.6) is 0 Å². The summed E-state index contributed by atoms with van der Waals surface area (Å²) in [5, 5.41) is 0. The number of likely N-dealkylation sites (N-methyl/N-ethyl adjacent to an activating group) is 1. The van der Waals surface area contributed by atoms with Gasteiger partial charge < -0.3 is 20.3 Å². The molecule has 3 unspecified atom stereocenters. The second kappa shape index (κ2) is 5.91. The van der Waals surface area contributed by atoms with Crippen LogP contribution in [0.4, 0.5) is 0 Å². The van der Waals surface area contributed by atoms with Gasteiger partial charge in [-0.05, 0) is 46.6 Å². The van der Waals surface area contributed by atoms with Crippen LogP contribution in [0.1, 0.15) is 33.6 Å². The first-order valence-electron chi connectivity index (χ1n) is 8.10. The maximum Gasteiger partial charge on any atom is 0.0691 e. The highest BCUT2D eigenvalue weighted by Crippen LogP contribution is 2.58. The van der Waals surface area contributed by atoms with E-state index in [2.05, 4.69) is 44.7 Å². The van der Waals surface area contributed by atoms with Crippen molar-refractivity contribution in [2.24, 2.45) is 17.1 Å². The fourth-order valence-electron chi connectivity index (χ4n) is 4.13. The maximum absolute atomic E-state index is 6.84. The zero-order chi connectivity index (χ0) is 15.0. The molecule has 20 heavy (non-hydrogen) atoms. The summed E-state index contributed by atoms with van der Waals surface area (Å²) < 4.78 is 5.89. The van der Waals surface area contributed by atoms with Gasteiger partial charge in [0.15, 0.2) is 0 Å². The Balaban J connectivity index is 1.92. The van der Waals surface area contributed by atoms with Gasteiger partial charge in [0.05, 0.1) is 6.10 Å². The molecule has 0 bridgehead atoms. The van der Waals surface area contributed by atoms with Gasteiger partial charge in [-0.25, -0.2) is 0 Å². The number of fused-ring (bicyclic) bond motifs is 1. The molecule has 1 aliphatic heterocycles. The van der Waals surface area contributed by atoms with Gasteiger partial charge in [0.1, 0.15) is 0 Å². The summed E-state index contributed by atoms with van der Waals surface area (Å²) in [4.78, 5) is 4.78. The van der Waals surface area contributed by atoms with E-state index < -0.39 is 0 Å². The molecule has 0 aromatic heterocycles. The average Bonchev–Trinajstić information content (AvgIpc) is 2.85. The van der Waals surface area contributed by atoms with Crippen molar-refractivity contribution < 1.29 is 4.74 Å². The summed E-state index contributed by atoms with van der Waals surface area (Å²) in [5.74, 6) is 0.556. The highest BCUT2D eigenvalue weighted by atomic mass is 16.5. The van der Waals surface area contributed by atoms with Crippen molar-refractivity contribution >= 4 is 0 Å². The molecule has 2 N–H and O–H groups in total. The van der Waals surface area contributed by atoms with Crippen LogP contribution in [-0.4, -0.2) is 68.3 Å². The molecule has 1 saturated heterocycles. The molecule has 118 valence electrons. The van der Waals surface area contributed by atoms with Gasteiger partial charge >= 0.3 is 0 Å². The molecule has 4 heteroatoms. The van der Waals surface area contributed by atoms with Crippen LogP contribution in [0, 0.1) is 11.3 Å². The van der Waals surface area contributed by atoms with Crippen molar-refractivity contribution in [2.45, 2.75) is 45.3 Å². The van der Waals surface area contributed by atoms with Crippen molar-refractivity contribution in [1.29, 1.82) is 0 Å². The molecule has 1 aliphatic carbocycles. The first-order valence-corrected chi connectivity index (χ1v) is 8.10. The topological polar surface area (TPSA) is 41.7 Å². The van der Waals surface area contributed by atoms with Crippen LogP contribution in [0.2, 0.25) is 0 Å². The predicted octanol–water partition coefficient (Wildman–Crippen LogP) is 1.40. The number of nitrogens with zero attached hydrogens (tertiary/aromatic N) is 2. The Hall–Kier alpha value is -0.160. The van der Waals surface area contributed by atoms with Crippen molar-refractivity contribution in [3.8, 4) is 0 Å². The van der Waals surface area contributed by atoms with E-state index in [1.807, 2.05) is 0 Å². The van der Waals surface area contributed by atoms with Crippen LogP contribution in [0.25, 0.3) is 0 Å². The van der Waals surface area contributed by atoms with Crippen molar-refractivity contribution in [2.75, 3.05) is 46.9 Å². The van der Waals surface area contributed by atoms with Gasteiger partial charge in [0.2, 0.25) is 0 Å². The van der Waals surface area contributed by atoms with E-state index in [-0.39, 0.29) is 11.0 Å². The standard InChI is InChI=1S/C16H33N3O/c1-6-19(10-7-9-18(4)5)12-16(17)13-8-11-20-14(13)15(16,2)3/h13-14H,6-12,17H2,1-5H3. The van der Waals surface area contributed by atoms with E-state index in [0.29, 0.717) is 12.0 Å². The summed E-state index contributed by atoms with van der Waals surface area (Å²) in [7, 11) is 4.27. The van der Waals surface area contributed by atoms with E-state index in [9.17, 15) is 0 Å². The number of rotatable bonds is 7. The third-order valence-electron chi connectivity index (χ3n) is 5.68. The second-order valence-electron chi connectivity index (χ2n) is 7.47. The van der Waals surface area contributed by atoms with Crippen molar-refractivity contribution in [3.05, 3.63) is 0 Å². The molecule has 0 amide bonds. The third kappa shape index (κ3) is 2.63. The zero-order valence-electron chi connectivity index (χ0n) is 14.0. The molecule has 2 rings (SSSR count). The predicted molar refractivity (Wildman–Crippen MR) is 83.8 cm³/mol. The van der Waals surface area contributed by atoms with E-state index >= 15 is 0 Å². The Bertz CT molecular complexity index is 332. The smallest absolute Gasteiger partial charge is 0.0691 e. The Morgan fingerprint density at radius 3 is 2.55 bits per heavy atom. The lowest BCUT2D eigenvalue weighted by Crippen LogP contribution is -2.78. The van der Waals surface area contributed by atoms with Gasteiger partial charge in [0.25, 0.3) is 0 Å². The minimum absolute atomic E-state index is 0.0811. The fourth-order valence-corrected chi connectivity index (χ4v) is 4.13. The first kappa shape index (κ1) is 16.2. The summed E-state index contributed by atoms with van der Waals surface area (Å²) >= 11 is 0. The molecule has 4 nitrogen and oxygen atoms in total. The number of ether oxygens (including phenoxy) is 1. The molecule has 2 fully saturated rings. The van der Waals surface area contributed by atoms with Crippen LogP contribution < -0.4 is 5.73 Å². The summed E-state index contributed by atoms with van der Waals surface area (Å²) in [6.45, 7) is 12.1. The third-order valence-corrected chi connectivity index (χ3v) is 5.68. The van der Waals surface area contributed by atoms with E-state index in [4.69, 9.17) is 10.5 Å². The molecule has 1 heterocycles. The minimum atomic E-state index is -0.0811. The van der Waals surface area contributed by atoms with E-state index in [0.717, 1.165) is 39.2 Å². The molecule has 0 spiro atoms. The van der Waals surface area contributed by atoms with Gasteiger partial charge in [0, 0.05) is 30.0 Å². The largest absolute Gasteiger partial charge is 0.377 e. The zero-order valence-corrected chi connectivity index (χ0v) is 14.0. The fraction of sp³-hybridized carbons (Fsp3) is 1.00. The van der Waals surface area contributed by atoms with Crippen molar-refractivity contribution in [3.63, 3.8) is 0 Å². The van der Waals surface area contributed by atoms with Crippen LogP contribution in [-0.2, 0) is 4.74 Å². The molecule has 0 aromatic rings. The highest BCUT2D eigenvalue weighted by Gasteiger charge is 2.67. The summed E-state index contributed by atoms with van der Waals surface area (Å²) in [6.07, 6.45) is 2.73. The van der Waals surface area contributed by atoms with Crippen LogP contribution >= 0.6 is 0 Å². The van der Waals surface area contributed by atoms with Gasteiger partial charge in [-0.2, -0.15) is 0 Å². The van der Waals surface area contributed by atoms with Gasteiger partial charge in [-0.3, -0.25) is 0 Å². The molecule has 2 aliphatic rings. The Kier molecular flexibility index (Phi) is 4.80. The van der Waals surface area contributed by atoms with E-state index in [1.54, 1.807) is 0 Å². The number of hydrogen-bond donors (Lipinski definition) is 1. The molecule has 3 atom stereocenters. The monoisotopic (exact) mass is 283 g/mol. The maximum atomic E-state index is 6.84. The van der Waals surface area contributed by atoms with Crippen LogP contribution in [0.15, 0.2) is 0 Å². The number of nitrogens with two attached hydrogens (primary N) is 1. The summed E-state index contributed by atoms with van der Waals surface area (Å²) in [5.41, 5.74) is 6.86. The quantitative estimate of drug-likeness (QED) is 0.767. The normalized spacial score (nSPS) is 35.4. The number of hydrogen-bond acceptors (Lipinski definition) is 4. The lowest BCUT2D eigenvalue weighted by molar-refractivity contribution is -0.163. The van der Waals surface area contributed by atoms with Crippen molar-refractivity contribution in [1.82, 2.24) is 9.80 Å². The average molecular weight is 283 g/mol. The Morgan fingerprint density at radius 2 is 1.95 bits per heavy atom. The summed E-state index contributed by atoms with van der Waals surface area (Å²) in [6, 6.07) is 0. The Labute approximate surface area is 124 Å². The lowest BCUT2D eigenvalue weighted by atomic mass is 9.48. The molecular formula is C16H33N3O. The first-order chi connectivity index (χ1) is 9.33. The van der Waals surface area contributed by atoms with E-state index in [1.165, 1.54) is 6.42 Å². The second-order valence-corrected chi connectivity index (χ2v) is 7.47. The minimum Gasteiger partial charge on any atom is -0.377 e. The Morgan fingerprint density at radius 1 is 1.25 bits per heavy atom. The van der Waals surface area contributed by atoms with Gasteiger partial charge in [-0.15, -0.1) is 0 Å². The SMILES string of the molecule is CCN(CCCN(C)C)CC1(N)C2CCOC2C1(C)C. The van der Waals surface area contributed by atoms with Gasteiger partial charge in [-0.1, -0.05) is 20.8 Å². The lowest BCUT2D eigenvalue weighted by Gasteiger charge is -2.63.